The monoisotopic (exact) mass is 488 g/mol. The van der Waals surface area contributed by atoms with Crippen molar-refractivity contribution in [1.29, 1.82) is 0 Å². The van der Waals surface area contributed by atoms with Crippen LogP contribution in [0.3, 0.4) is 0 Å². The van der Waals surface area contributed by atoms with Gasteiger partial charge in [0.2, 0.25) is 0 Å². The van der Waals surface area contributed by atoms with Gasteiger partial charge in [-0.2, -0.15) is 9.13 Å². The third kappa shape index (κ3) is 5.74. The second-order valence-corrected chi connectivity index (χ2v) is 8.35. The van der Waals surface area contributed by atoms with Crippen molar-refractivity contribution in [2.75, 3.05) is 0 Å². The van der Waals surface area contributed by atoms with Crippen LogP contribution in [-0.2, 0) is 0 Å². The Labute approximate surface area is 208 Å². The van der Waals surface area contributed by atoms with Gasteiger partial charge < -0.3 is 17.3 Å². The predicted molar refractivity (Wildman–Crippen MR) is 138 cm³/mol. The molecule has 0 radical (unpaired) electrons. The van der Waals surface area contributed by atoms with E-state index in [1.165, 1.54) is 33.6 Å². The highest BCUT2D eigenvalue weighted by Gasteiger charge is 2.29. The van der Waals surface area contributed by atoms with E-state index in [0.29, 0.717) is 0 Å². The van der Waals surface area contributed by atoms with Crippen molar-refractivity contribution in [2.45, 2.75) is 13.8 Å². The van der Waals surface area contributed by atoms with E-state index in [-0.39, 0.29) is 0 Å². The molecule has 0 amide bonds. The van der Waals surface area contributed by atoms with E-state index in [1.807, 2.05) is 0 Å². The third-order valence-electron chi connectivity index (χ3n) is 5.81. The second kappa shape index (κ2) is 10.6. The molecule has 0 N–H and O–H groups in total. The van der Waals surface area contributed by atoms with Crippen molar-refractivity contribution in [3.05, 3.63) is 127 Å². The first-order valence-corrected chi connectivity index (χ1v) is 11.5. The Balaban J connectivity index is 0.000000556. The molecule has 0 unspecified atom stereocenters. The fourth-order valence-corrected chi connectivity index (χ4v) is 4.22. The highest BCUT2D eigenvalue weighted by Crippen LogP contribution is 2.36. The number of hydrogen-bond donors (Lipinski definition) is 0. The number of benzene rings is 4. The maximum absolute atomic E-state index is 9.75. The van der Waals surface area contributed by atoms with E-state index in [1.54, 1.807) is 0 Å². The Kier molecular flexibility index (Phi) is 7.39. The molecular formula is C29H25BF4N2. The van der Waals surface area contributed by atoms with Gasteiger partial charge in [-0.05, 0) is 49.2 Å². The van der Waals surface area contributed by atoms with E-state index in [2.05, 4.69) is 139 Å². The van der Waals surface area contributed by atoms with E-state index >= 15 is 0 Å². The second-order valence-electron chi connectivity index (χ2n) is 8.35. The van der Waals surface area contributed by atoms with Gasteiger partial charge in [0.1, 0.15) is 11.4 Å². The van der Waals surface area contributed by atoms with Crippen molar-refractivity contribution in [1.82, 2.24) is 4.57 Å². The summed E-state index contributed by atoms with van der Waals surface area (Å²) in [6.45, 7) is 4.37. The minimum Gasteiger partial charge on any atom is -0.418 e. The van der Waals surface area contributed by atoms with Crippen LogP contribution in [0.4, 0.5) is 17.3 Å². The third-order valence-corrected chi connectivity index (χ3v) is 5.81. The van der Waals surface area contributed by atoms with Crippen molar-refractivity contribution in [3.63, 3.8) is 0 Å². The normalized spacial score (nSPS) is 11.1. The van der Waals surface area contributed by atoms with Gasteiger partial charge in [-0.3, -0.25) is 0 Å². The number of nitrogens with zero attached hydrogens (tertiary/aromatic N) is 2. The van der Waals surface area contributed by atoms with Crippen LogP contribution in [0.25, 0.3) is 33.9 Å². The van der Waals surface area contributed by atoms with Crippen LogP contribution in [0.1, 0.15) is 11.1 Å². The Morgan fingerprint density at radius 3 is 1.56 bits per heavy atom. The zero-order chi connectivity index (χ0) is 25.7. The Bertz CT molecular complexity index is 1340. The lowest BCUT2D eigenvalue weighted by Gasteiger charge is -2.10. The van der Waals surface area contributed by atoms with Crippen LogP contribution in [0.2, 0.25) is 0 Å². The molecule has 36 heavy (non-hydrogen) atoms. The van der Waals surface area contributed by atoms with Crippen LogP contribution in [-0.4, -0.2) is 11.8 Å². The number of aryl methyl sites for hydroxylation is 2. The molecule has 7 heteroatoms. The summed E-state index contributed by atoms with van der Waals surface area (Å²) in [6.07, 6.45) is 2.22. The maximum atomic E-state index is 9.75. The minimum absolute atomic E-state index is 1.14. The highest BCUT2D eigenvalue weighted by atomic mass is 19.5. The van der Waals surface area contributed by atoms with Gasteiger partial charge in [-0.25, -0.2) is 0 Å². The fraction of sp³-hybridized carbons (Fsp3) is 0.0690. The van der Waals surface area contributed by atoms with Crippen molar-refractivity contribution >= 4 is 7.25 Å². The van der Waals surface area contributed by atoms with Crippen LogP contribution in [0, 0.1) is 13.8 Å². The smallest absolute Gasteiger partial charge is 0.418 e. The molecule has 4 aromatic carbocycles. The summed E-state index contributed by atoms with van der Waals surface area (Å²) in [4.78, 5) is 0. The lowest BCUT2D eigenvalue weighted by molar-refractivity contribution is -0.583. The van der Waals surface area contributed by atoms with Gasteiger partial charge in [0.25, 0.3) is 6.33 Å². The summed E-state index contributed by atoms with van der Waals surface area (Å²) >= 11 is 0. The molecule has 0 aliphatic heterocycles. The average molecular weight is 488 g/mol. The number of halogens is 4. The molecule has 5 aromatic rings. The summed E-state index contributed by atoms with van der Waals surface area (Å²) in [7, 11) is -6.00. The summed E-state index contributed by atoms with van der Waals surface area (Å²) in [6, 6.07) is 38.4. The summed E-state index contributed by atoms with van der Waals surface area (Å²) in [5.74, 6) is 0. The fourth-order valence-electron chi connectivity index (χ4n) is 4.22. The topological polar surface area (TPSA) is 8.81 Å². The van der Waals surface area contributed by atoms with Gasteiger partial charge in [-0.1, -0.05) is 84.9 Å². The molecule has 0 saturated carbocycles. The van der Waals surface area contributed by atoms with Gasteiger partial charge >= 0.3 is 7.25 Å². The Hall–Kier alpha value is -4.13. The first-order valence-electron chi connectivity index (χ1n) is 11.5. The average Bonchev–Trinajstić information content (AvgIpc) is 3.25. The Morgan fingerprint density at radius 2 is 1.03 bits per heavy atom. The highest BCUT2D eigenvalue weighted by molar-refractivity contribution is 6.50. The van der Waals surface area contributed by atoms with Crippen LogP contribution in [0.5, 0.6) is 0 Å². The molecule has 0 spiro atoms. The van der Waals surface area contributed by atoms with Gasteiger partial charge in [0.15, 0.2) is 11.4 Å². The molecule has 0 fully saturated rings. The standard InChI is InChI=1S/C29H25N2.BF4/c1-22-13-9-11-19-26(22)28-29(27-20-12-10-14-23(27)2)31(25-17-7-4-8-18-25)21-30(28)24-15-5-3-6-16-24;2-1(3,4)5/h3-21H,1-2H3;/q+1;-1. The molecular weight excluding hydrogens is 463 g/mol. The molecule has 5 rings (SSSR count). The van der Waals surface area contributed by atoms with Gasteiger partial charge in [0, 0.05) is 11.1 Å². The molecule has 1 aromatic heterocycles. The largest absolute Gasteiger partial charge is 0.673 e. The van der Waals surface area contributed by atoms with Gasteiger partial charge in [0.05, 0.1) is 0 Å². The number of imidazole rings is 1. The van der Waals surface area contributed by atoms with Crippen LogP contribution >= 0.6 is 0 Å². The van der Waals surface area contributed by atoms with Crippen LogP contribution < -0.4 is 4.57 Å². The quantitative estimate of drug-likeness (QED) is 0.138. The number of rotatable bonds is 4. The molecule has 0 saturated heterocycles. The zero-order valence-electron chi connectivity index (χ0n) is 20.0. The summed E-state index contributed by atoms with van der Waals surface area (Å²) in [5, 5.41) is 0. The SMILES string of the molecule is Cc1ccccc1-c1c(-c2ccccc2C)[n+](-c2ccccc2)cn1-c1ccccc1.F[B-](F)(F)F. The van der Waals surface area contributed by atoms with Crippen molar-refractivity contribution in [2.24, 2.45) is 0 Å². The number of para-hydroxylation sites is 2. The number of hydrogen-bond acceptors (Lipinski definition) is 0. The first-order chi connectivity index (χ1) is 17.2. The predicted octanol–water partition coefficient (Wildman–Crippen LogP) is 8.00. The first kappa shape index (κ1) is 25.0. The lowest BCUT2D eigenvalue weighted by Crippen LogP contribution is -2.31. The minimum atomic E-state index is -6.00. The zero-order valence-corrected chi connectivity index (χ0v) is 20.0. The maximum Gasteiger partial charge on any atom is 0.673 e. The van der Waals surface area contributed by atoms with E-state index in [0.717, 1.165) is 11.4 Å². The van der Waals surface area contributed by atoms with E-state index in [4.69, 9.17) is 0 Å². The molecule has 0 bridgehead atoms. The van der Waals surface area contributed by atoms with E-state index in [9.17, 15) is 17.3 Å². The van der Waals surface area contributed by atoms with Crippen molar-refractivity contribution in [3.8, 4) is 33.9 Å². The summed E-state index contributed by atoms with van der Waals surface area (Å²) in [5.41, 5.74) is 9.67. The van der Waals surface area contributed by atoms with E-state index < -0.39 is 7.25 Å². The molecule has 0 aliphatic rings. The van der Waals surface area contributed by atoms with Gasteiger partial charge in [-0.15, -0.1) is 0 Å². The summed E-state index contributed by atoms with van der Waals surface area (Å²) < 4.78 is 43.6. The lowest BCUT2D eigenvalue weighted by atomic mass is 9.97. The molecule has 0 atom stereocenters. The number of aromatic nitrogens is 2. The molecule has 182 valence electrons. The van der Waals surface area contributed by atoms with Crippen LogP contribution in [0.15, 0.2) is 116 Å². The van der Waals surface area contributed by atoms with Crippen molar-refractivity contribution < 1.29 is 21.8 Å². The molecule has 0 aliphatic carbocycles. The molecule has 2 nitrogen and oxygen atoms in total. The Morgan fingerprint density at radius 1 is 0.583 bits per heavy atom. The molecule has 1 heterocycles.